The van der Waals surface area contributed by atoms with E-state index in [1.807, 2.05) is 4.90 Å². The van der Waals surface area contributed by atoms with Gasteiger partial charge in [-0.3, -0.25) is 19.2 Å². The van der Waals surface area contributed by atoms with Gasteiger partial charge in [-0.15, -0.1) is 0 Å². The van der Waals surface area contributed by atoms with Gasteiger partial charge in [0.05, 0.1) is 23.6 Å². The van der Waals surface area contributed by atoms with E-state index in [1.54, 1.807) is 0 Å². The van der Waals surface area contributed by atoms with Crippen LogP contribution in [-0.4, -0.2) is 89.0 Å². The number of carboxylic acids is 1. The van der Waals surface area contributed by atoms with E-state index in [0.717, 1.165) is 19.3 Å². The van der Waals surface area contributed by atoms with E-state index in [1.165, 1.54) is 11.3 Å². The Morgan fingerprint density at radius 3 is 2.62 bits per heavy atom. The van der Waals surface area contributed by atoms with E-state index in [4.69, 9.17) is 9.31 Å². The molecule has 7 fully saturated rings. The average Bonchev–Trinajstić information content (AvgIpc) is 3.62. The van der Waals surface area contributed by atoms with Gasteiger partial charge in [-0.2, -0.15) is 0 Å². The average molecular weight is 515 g/mol. The van der Waals surface area contributed by atoms with Crippen LogP contribution in [0, 0.1) is 29.1 Å². The lowest BCUT2D eigenvalue weighted by molar-refractivity contribution is -0.199. The summed E-state index contributed by atoms with van der Waals surface area (Å²) in [6.45, 7) is 8.01. The minimum Gasteiger partial charge on any atom is -0.481 e. The second-order valence-electron chi connectivity index (χ2n) is 12.9. The first-order valence-electron chi connectivity index (χ1n) is 13.9. The SMILES string of the molecule is CC1(C)[C@@H]2C[C@H]3OB([C@@H]4CCCN4C(=O)[C@@H]4C[C@@H](CC(=O)N5CCC(C(=O)O)C5)C(=O)N4)O[C@@]3(C)[C@H]1C2. The molecule has 4 aliphatic heterocycles. The smallest absolute Gasteiger partial charge is 0.481 e. The van der Waals surface area contributed by atoms with Crippen LogP contribution < -0.4 is 5.32 Å². The van der Waals surface area contributed by atoms with Crippen molar-refractivity contribution in [1.29, 1.82) is 0 Å². The molecule has 202 valence electrons. The third-order valence-corrected chi connectivity index (χ3v) is 10.7. The molecule has 8 atom stereocenters. The summed E-state index contributed by atoms with van der Waals surface area (Å²) in [6.07, 6.45) is 4.59. The van der Waals surface area contributed by atoms with Crippen molar-refractivity contribution >= 4 is 30.8 Å². The number of hydrogen-bond donors (Lipinski definition) is 2. The first-order chi connectivity index (χ1) is 17.5. The maximum atomic E-state index is 13.6. The highest BCUT2D eigenvalue weighted by Crippen LogP contribution is 2.66. The topological polar surface area (TPSA) is 125 Å². The first-order valence-corrected chi connectivity index (χ1v) is 13.9. The Morgan fingerprint density at radius 1 is 1.14 bits per heavy atom. The monoisotopic (exact) mass is 515 g/mol. The van der Waals surface area contributed by atoms with Crippen molar-refractivity contribution in [2.75, 3.05) is 19.6 Å². The fraction of sp³-hybridized carbons (Fsp3) is 0.846. The van der Waals surface area contributed by atoms with Crippen molar-refractivity contribution in [3.63, 3.8) is 0 Å². The van der Waals surface area contributed by atoms with Crippen molar-refractivity contribution in [2.45, 2.75) is 89.4 Å². The molecule has 37 heavy (non-hydrogen) atoms. The number of hydrogen-bond acceptors (Lipinski definition) is 6. The van der Waals surface area contributed by atoms with Crippen LogP contribution in [-0.2, 0) is 28.5 Å². The number of nitrogens with zero attached hydrogens (tertiary/aromatic N) is 2. The van der Waals surface area contributed by atoms with Crippen LogP contribution in [0.1, 0.15) is 65.7 Å². The number of aliphatic carboxylic acids is 1. The van der Waals surface area contributed by atoms with Gasteiger partial charge in [-0.05, 0) is 62.7 Å². The second-order valence-corrected chi connectivity index (χ2v) is 12.9. The number of likely N-dealkylation sites (tertiary alicyclic amines) is 2. The van der Waals surface area contributed by atoms with E-state index in [2.05, 4.69) is 26.1 Å². The molecule has 3 amide bonds. The van der Waals surface area contributed by atoms with Gasteiger partial charge >= 0.3 is 13.1 Å². The molecule has 1 unspecified atom stereocenters. The molecule has 3 aliphatic carbocycles. The number of carboxylic acid groups (broad SMARTS) is 1. The summed E-state index contributed by atoms with van der Waals surface area (Å²) in [4.78, 5) is 53.5. The van der Waals surface area contributed by atoms with Crippen LogP contribution in [0.25, 0.3) is 0 Å². The molecule has 3 saturated carbocycles. The molecule has 4 heterocycles. The van der Waals surface area contributed by atoms with Gasteiger partial charge in [-0.1, -0.05) is 13.8 Å². The molecular weight excluding hydrogens is 477 g/mol. The number of carbonyl (C=O) groups is 4. The lowest BCUT2D eigenvalue weighted by Crippen LogP contribution is -2.65. The lowest BCUT2D eigenvalue weighted by Gasteiger charge is -2.64. The van der Waals surface area contributed by atoms with Crippen LogP contribution in [0.5, 0.6) is 0 Å². The van der Waals surface area contributed by atoms with E-state index in [-0.39, 0.29) is 60.2 Å². The molecule has 10 nitrogen and oxygen atoms in total. The molecule has 0 radical (unpaired) electrons. The minimum absolute atomic E-state index is 0.00139. The van der Waals surface area contributed by atoms with Gasteiger partial charge in [0.25, 0.3) is 0 Å². The normalized spacial score (nSPS) is 42.0. The Bertz CT molecular complexity index is 1020. The lowest BCUT2D eigenvalue weighted by atomic mass is 9.43. The fourth-order valence-corrected chi connectivity index (χ4v) is 8.22. The maximum absolute atomic E-state index is 13.6. The summed E-state index contributed by atoms with van der Waals surface area (Å²) in [5.74, 6) is -1.74. The van der Waals surface area contributed by atoms with Crippen molar-refractivity contribution in [3.05, 3.63) is 0 Å². The molecule has 2 bridgehead atoms. The van der Waals surface area contributed by atoms with Crippen LogP contribution >= 0.6 is 0 Å². The molecule has 0 aromatic heterocycles. The summed E-state index contributed by atoms with van der Waals surface area (Å²) >= 11 is 0. The standard InChI is InChI=1S/C26H38BN3O7/c1-25(2)16-11-18(25)26(3)19(12-16)36-27(37-26)20-5-4-7-30(20)23(33)17-9-15(22(32)28-17)10-21(31)29-8-6-14(13-29)24(34)35/h14-20H,4-13H2,1-3H3,(H,28,32)(H,34,35)/t14?,15-,16-,17-,18-,19+,20-,26-/m0/s1. The van der Waals surface area contributed by atoms with Crippen molar-refractivity contribution in [3.8, 4) is 0 Å². The maximum Gasteiger partial charge on any atom is 0.481 e. The fourth-order valence-electron chi connectivity index (χ4n) is 8.22. The summed E-state index contributed by atoms with van der Waals surface area (Å²) in [6, 6.07) is -0.665. The molecular formula is C26H38BN3O7. The van der Waals surface area contributed by atoms with Gasteiger partial charge in [0.15, 0.2) is 0 Å². The third kappa shape index (κ3) is 3.90. The van der Waals surface area contributed by atoms with E-state index in [0.29, 0.717) is 31.3 Å². The quantitative estimate of drug-likeness (QED) is 0.525. The van der Waals surface area contributed by atoms with Crippen LogP contribution in [0.4, 0.5) is 0 Å². The van der Waals surface area contributed by atoms with Crippen molar-refractivity contribution in [2.24, 2.45) is 29.1 Å². The summed E-state index contributed by atoms with van der Waals surface area (Å²) in [5.41, 5.74) is -0.0820. The second kappa shape index (κ2) is 8.69. The summed E-state index contributed by atoms with van der Waals surface area (Å²) in [5, 5.41) is 12.0. The van der Waals surface area contributed by atoms with Gasteiger partial charge in [-0.25, -0.2) is 0 Å². The summed E-state index contributed by atoms with van der Waals surface area (Å²) < 4.78 is 13.1. The van der Waals surface area contributed by atoms with Crippen molar-refractivity contribution in [1.82, 2.24) is 15.1 Å². The number of rotatable bonds is 5. The Balaban J connectivity index is 1.07. The highest BCUT2D eigenvalue weighted by molar-refractivity contribution is 6.48. The highest BCUT2D eigenvalue weighted by Gasteiger charge is 2.69. The van der Waals surface area contributed by atoms with Crippen LogP contribution in [0.15, 0.2) is 0 Å². The molecule has 0 aromatic rings. The van der Waals surface area contributed by atoms with Gasteiger partial charge < -0.3 is 29.5 Å². The molecule has 4 saturated heterocycles. The first kappa shape index (κ1) is 25.2. The molecule has 7 aliphatic rings. The molecule has 0 spiro atoms. The molecule has 0 aromatic carbocycles. The third-order valence-electron chi connectivity index (χ3n) is 10.7. The van der Waals surface area contributed by atoms with Crippen LogP contribution in [0.3, 0.4) is 0 Å². The molecule has 2 N–H and O–H groups in total. The van der Waals surface area contributed by atoms with Gasteiger partial charge in [0.2, 0.25) is 17.7 Å². The van der Waals surface area contributed by atoms with E-state index >= 15 is 0 Å². The van der Waals surface area contributed by atoms with Gasteiger partial charge in [0.1, 0.15) is 6.04 Å². The van der Waals surface area contributed by atoms with Crippen LogP contribution in [0.2, 0.25) is 0 Å². The zero-order valence-corrected chi connectivity index (χ0v) is 22.0. The number of amides is 3. The Labute approximate surface area is 217 Å². The van der Waals surface area contributed by atoms with Gasteiger partial charge in [0, 0.05) is 32.0 Å². The number of nitrogens with one attached hydrogen (secondary N) is 1. The predicted molar refractivity (Wildman–Crippen MR) is 132 cm³/mol. The summed E-state index contributed by atoms with van der Waals surface area (Å²) in [7, 11) is -0.455. The highest BCUT2D eigenvalue weighted by atomic mass is 16.7. The molecule has 7 rings (SSSR count). The largest absolute Gasteiger partial charge is 0.481 e. The Morgan fingerprint density at radius 2 is 1.92 bits per heavy atom. The predicted octanol–water partition coefficient (Wildman–Crippen LogP) is 1.07. The Hall–Kier alpha value is -2.14. The zero-order chi connectivity index (χ0) is 26.3. The van der Waals surface area contributed by atoms with Crippen molar-refractivity contribution < 1.29 is 33.6 Å². The molecule has 11 heteroatoms. The Kier molecular flexibility index (Phi) is 5.91. The minimum atomic E-state index is -0.899. The van der Waals surface area contributed by atoms with E-state index in [9.17, 15) is 24.3 Å². The van der Waals surface area contributed by atoms with E-state index < -0.39 is 31.0 Å². The number of carbonyl (C=O) groups excluding carboxylic acids is 3. The zero-order valence-electron chi connectivity index (χ0n) is 22.0.